The molecular weight excluding hydrogens is 210 g/mol. The maximum absolute atomic E-state index is 10.9. The van der Waals surface area contributed by atoms with E-state index in [0.717, 1.165) is 25.9 Å². The van der Waals surface area contributed by atoms with Crippen LogP contribution in [0.3, 0.4) is 0 Å². The number of carbonyl (C=O) groups excluding carboxylic acids is 1. The maximum atomic E-state index is 10.9. The summed E-state index contributed by atoms with van der Waals surface area (Å²) in [6.45, 7) is 5.70. The molecule has 0 saturated carbocycles. The smallest absolute Gasteiger partial charge is 0.131 e. The molecule has 2 nitrogen and oxygen atoms in total. The molecule has 0 spiro atoms. The molecule has 1 aromatic rings. The number of aryl methyl sites for hydroxylation is 1. The van der Waals surface area contributed by atoms with E-state index in [1.54, 1.807) is 6.92 Å². The molecule has 0 aliphatic rings. The average Bonchev–Trinajstić information content (AvgIpc) is 2.34. The van der Waals surface area contributed by atoms with Crippen molar-refractivity contribution in [3.63, 3.8) is 0 Å². The van der Waals surface area contributed by atoms with E-state index in [4.69, 9.17) is 0 Å². The summed E-state index contributed by atoms with van der Waals surface area (Å²) in [4.78, 5) is 13.1. The first-order valence-corrected chi connectivity index (χ1v) is 6.37. The van der Waals surface area contributed by atoms with E-state index >= 15 is 0 Å². The lowest BCUT2D eigenvalue weighted by Gasteiger charge is -2.15. The third-order valence-corrected chi connectivity index (χ3v) is 3.06. The Bertz CT molecular complexity index is 342. The highest BCUT2D eigenvalue weighted by atomic mass is 16.1. The Balaban J connectivity index is 2.31. The standard InChI is InChI=1S/C15H23NO/c1-4-14-5-7-15(8-6-14)10-12-16(3)11-9-13(2)17/h5-8H,4,9-12H2,1-3H3. The average molecular weight is 233 g/mol. The quantitative estimate of drug-likeness (QED) is 0.721. The van der Waals surface area contributed by atoms with Gasteiger partial charge in [-0.1, -0.05) is 31.2 Å². The second-order valence-corrected chi connectivity index (χ2v) is 4.68. The van der Waals surface area contributed by atoms with Crippen LogP contribution < -0.4 is 0 Å². The number of hydrogen-bond acceptors (Lipinski definition) is 2. The predicted octanol–water partition coefficient (Wildman–Crippen LogP) is 2.70. The molecule has 1 rings (SSSR count). The molecule has 2 heteroatoms. The van der Waals surface area contributed by atoms with Gasteiger partial charge < -0.3 is 4.90 Å². The van der Waals surface area contributed by atoms with E-state index in [0.29, 0.717) is 6.42 Å². The fraction of sp³-hybridized carbons (Fsp3) is 0.533. The Morgan fingerprint density at radius 2 is 1.71 bits per heavy atom. The fourth-order valence-corrected chi connectivity index (χ4v) is 1.72. The Labute approximate surface area is 105 Å². The molecule has 0 radical (unpaired) electrons. The van der Waals surface area contributed by atoms with Crippen LogP contribution in [0.4, 0.5) is 0 Å². The van der Waals surface area contributed by atoms with Crippen LogP contribution in [0.25, 0.3) is 0 Å². The Kier molecular flexibility index (Phi) is 5.92. The minimum absolute atomic E-state index is 0.268. The van der Waals surface area contributed by atoms with Gasteiger partial charge in [0.2, 0.25) is 0 Å². The van der Waals surface area contributed by atoms with Gasteiger partial charge in [-0.2, -0.15) is 0 Å². The van der Waals surface area contributed by atoms with Gasteiger partial charge in [0.05, 0.1) is 0 Å². The number of ketones is 1. The van der Waals surface area contributed by atoms with Crippen molar-refractivity contribution in [1.82, 2.24) is 4.90 Å². The van der Waals surface area contributed by atoms with Crippen LogP contribution in [0.2, 0.25) is 0 Å². The summed E-state index contributed by atoms with van der Waals surface area (Å²) in [6, 6.07) is 8.81. The zero-order valence-corrected chi connectivity index (χ0v) is 11.2. The highest BCUT2D eigenvalue weighted by Crippen LogP contribution is 2.06. The molecule has 17 heavy (non-hydrogen) atoms. The highest BCUT2D eigenvalue weighted by molar-refractivity contribution is 5.75. The summed E-state index contributed by atoms with van der Waals surface area (Å²) in [5.74, 6) is 0.268. The topological polar surface area (TPSA) is 20.3 Å². The first kappa shape index (κ1) is 13.9. The molecule has 0 N–H and O–H groups in total. The lowest BCUT2D eigenvalue weighted by Crippen LogP contribution is -2.23. The van der Waals surface area contributed by atoms with Crippen molar-refractivity contribution in [2.24, 2.45) is 0 Å². The number of carbonyl (C=O) groups is 1. The second-order valence-electron chi connectivity index (χ2n) is 4.68. The molecule has 0 aromatic heterocycles. The summed E-state index contributed by atoms with van der Waals surface area (Å²) in [7, 11) is 2.07. The van der Waals surface area contributed by atoms with Crippen LogP contribution in [-0.2, 0) is 17.6 Å². The van der Waals surface area contributed by atoms with Crippen molar-refractivity contribution in [2.75, 3.05) is 20.1 Å². The summed E-state index contributed by atoms with van der Waals surface area (Å²) < 4.78 is 0. The van der Waals surface area contributed by atoms with Gasteiger partial charge in [-0.05, 0) is 37.9 Å². The molecule has 0 aliphatic carbocycles. The lowest BCUT2D eigenvalue weighted by atomic mass is 10.1. The van der Waals surface area contributed by atoms with Gasteiger partial charge in [-0.15, -0.1) is 0 Å². The number of nitrogens with zero attached hydrogens (tertiary/aromatic N) is 1. The lowest BCUT2D eigenvalue weighted by molar-refractivity contribution is -0.117. The Hall–Kier alpha value is -1.15. The molecule has 0 fully saturated rings. The van der Waals surface area contributed by atoms with Gasteiger partial charge in [0, 0.05) is 19.5 Å². The van der Waals surface area contributed by atoms with Crippen LogP contribution >= 0.6 is 0 Å². The maximum Gasteiger partial charge on any atom is 0.131 e. The van der Waals surface area contributed by atoms with Crippen molar-refractivity contribution in [1.29, 1.82) is 0 Å². The van der Waals surface area contributed by atoms with Crippen LogP contribution in [0.1, 0.15) is 31.4 Å². The van der Waals surface area contributed by atoms with Crippen LogP contribution in [0.15, 0.2) is 24.3 Å². The minimum atomic E-state index is 0.268. The summed E-state index contributed by atoms with van der Waals surface area (Å²) in [5, 5.41) is 0. The molecule has 94 valence electrons. The number of benzene rings is 1. The van der Waals surface area contributed by atoms with Crippen LogP contribution in [0.5, 0.6) is 0 Å². The van der Waals surface area contributed by atoms with Crippen LogP contribution in [0, 0.1) is 0 Å². The van der Waals surface area contributed by atoms with Crippen molar-refractivity contribution in [3.05, 3.63) is 35.4 Å². The summed E-state index contributed by atoms with van der Waals surface area (Å²) in [6.07, 6.45) is 2.81. The van der Waals surface area contributed by atoms with Gasteiger partial charge in [0.1, 0.15) is 5.78 Å². The van der Waals surface area contributed by atoms with E-state index in [2.05, 4.69) is 43.1 Å². The van der Waals surface area contributed by atoms with Gasteiger partial charge >= 0.3 is 0 Å². The van der Waals surface area contributed by atoms with Gasteiger partial charge in [0.25, 0.3) is 0 Å². The zero-order valence-electron chi connectivity index (χ0n) is 11.2. The van der Waals surface area contributed by atoms with E-state index in [9.17, 15) is 4.79 Å². The number of hydrogen-bond donors (Lipinski definition) is 0. The van der Waals surface area contributed by atoms with Crippen molar-refractivity contribution >= 4 is 5.78 Å². The zero-order chi connectivity index (χ0) is 12.7. The summed E-state index contributed by atoms with van der Waals surface area (Å²) in [5.41, 5.74) is 2.76. The number of rotatable bonds is 7. The first-order valence-electron chi connectivity index (χ1n) is 6.37. The molecule has 0 saturated heterocycles. The van der Waals surface area contributed by atoms with Gasteiger partial charge in [0.15, 0.2) is 0 Å². The first-order chi connectivity index (χ1) is 8.11. The molecule has 1 aromatic carbocycles. The van der Waals surface area contributed by atoms with Crippen molar-refractivity contribution in [2.45, 2.75) is 33.1 Å². The fourth-order valence-electron chi connectivity index (χ4n) is 1.72. The Morgan fingerprint density at radius 1 is 1.12 bits per heavy atom. The van der Waals surface area contributed by atoms with E-state index < -0.39 is 0 Å². The Morgan fingerprint density at radius 3 is 2.24 bits per heavy atom. The third-order valence-electron chi connectivity index (χ3n) is 3.06. The molecule has 0 bridgehead atoms. The number of likely N-dealkylation sites (N-methyl/N-ethyl adjacent to an activating group) is 1. The number of Topliss-reactive ketones (excluding diaryl/α,β-unsaturated/α-hetero) is 1. The predicted molar refractivity (Wildman–Crippen MR) is 72.3 cm³/mol. The molecule has 0 heterocycles. The molecule has 0 aliphatic heterocycles. The van der Waals surface area contributed by atoms with Crippen molar-refractivity contribution in [3.8, 4) is 0 Å². The molecular formula is C15H23NO. The second kappa shape index (κ2) is 7.23. The molecule has 0 amide bonds. The third kappa shape index (κ3) is 5.64. The molecule has 0 atom stereocenters. The molecule has 0 unspecified atom stereocenters. The highest BCUT2D eigenvalue weighted by Gasteiger charge is 2.01. The van der Waals surface area contributed by atoms with Gasteiger partial charge in [-0.3, -0.25) is 4.79 Å². The largest absolute Gasteiger partial charge is 0.306 e. The minimum Gasteiger partial charge on any atom is -0.306 e. The van der Waals surface area contributed by atoms with E-state index in [1.807, 2.05) is 0 Å². The monoisotopic (exact) mass is 233 g/mol. The summed E-state index contributed by atoms with van der Waals surface area (Å²) >= 11 is 0. The van der Waals surface area contributed by atoms with E-state index in [-0.39, 0.29) is 5.78 Å². The normalized spacial score (nSPS) is 10.8. The SMILES string of the molecule is CCc1ccc(CCN(C)CCC(C)=O)cc1. The van der Waals surface area contributed by atoms with Crippen LogP contribution in [-0.4, -0.2) is 30.8 Å². The van der Waals surface area contributed by atoms with Crippen molar-refractivity contribution < 1.29 is 4.79 Å². The van der Waals surface area contributed by atoms with E-state index in [1.165, 1.54) is 11.1 Å². The van der Waals surface area contributed by atoms with Gasteiger partial charge in [-0.25, -0.2) is 0 Å².